The lowest BCUT2D eigenvalue weighted by atomic mass is 10.1. The minimum absolute atomic E-state index is 0.209. The normalized spacial score (nSPS) is 11.1. The maximum Gasteiger partial charge on any atom is 0.270 e. The van der Waals surface area contributed by atoms with Crippen LogP contribution in [0.15, 0.2) is 30.5 Å². The van der Waals surface area contributed by atoms with Crippen molar-refractivity contribution in [1.29, 1.82) is 0 Å². The fourth-order valence-corrected chi connectivity index (χ4v) is 2.07. The molecule has 2 rings (SSSR count). The van der Waals surface area contributed by atoms with Crippen LogP contribution in [-0.2, 0) is 0 Å². The summed E-state index contributed by atoms with van der Waals surface area (Å²) in [5, 5.41) is 6.09. The largest absolute Gasteiger partial charge is 0.346 e. The van der Waals surface area contributed by atoms with Crippen LogP contribution in [-0.4, -0.2) is 21.4 Å². The smallest absolute Gasteiger partial charge is 0.270 e. The van der Waals surface area contributed by atoms with Crippen molar-refractivity contribution in [3.63, 3.8) is 0 Å². The molecular weight excluding hydrogens is 276 g/mol. The Morgan fingerprint density at radius 2 is 1.73 bits per heavy atom. The van der Waals surface area contributed by atoms with E-state index in [1.54, 1.807) is 12.3 Å². The summed E-state index contributed by atoms with van der Waals surface area (Å²) in [6, 6.07) is 7.65. The molecule has 0 saturated carbocycles. The van der Waals surface area contributed by atoms with E-state index in [4.69, 9.17) is 0 Å². The molecule has 1 aromatic heterocycles. The molecule has 1 aromatic carbocycles. The number of para-hydroxylation sites is 1. The van der Waals surface area contributed by atoms with Gasteiger partial charge in [-0.3, -0.25) is 4.79 Å². The molecule has 0 atom stereocenters. The Bertz CT molecular complexity index is 669. The predicted molar refractivity (Wildman–Crippen MR) is 88.4 cm³/mol. The average molecular weight is 298 g/mol. The first-order valence-corrected chi connectivity index (χ1v) is 7.25. The Hall–Kier alpha value is -2.43. The fraction of sp³-hybridized carbons (Fsp3) is 0.353. The fourth-order valence-electron chi connectivity index (χ4n) is 2.07. The summed E-state index contributed by atoms with van der Waals surface area (Å²) in [5.74, 6) is 0.207. The van der Waals surface area contributed by atoms with Gasteiger partial charge < -0.3 is 10.6 Å². The summed E-state index contributed by atoms with van der Waals surface area (Å²) in [4.78, 5) is 20.7. The van der Waals surface area contributed by atoms with Crippen molar-refractivity contribution in [1.82, 2.24) is 15.3 Å². The predicted octanol–water partition coefficient (Wildman–Crippen LogP) is 3.37. The molecule has 0 aliphatic rings. The highest BCUT2D eigenvalue weighted by Gasteiger charge is 2.17. The number of hydrogen-bond donors (Lipinski definition) is 2. The highest BCUT2D eigenvalue weighted by atomic mass is 16.2. The summed E-state index contributed by atoms with van der Waals surface area (Å²) >= 11 is 0. The zero-order valence-corrected chi connectivity index (χ0v) is 13.7. The second-order valence-corrected chi connectivity index (χ2v) is 6.36. The minimum atomic E-state index is -0.303. The highest BCUT2D eigenvalue weighted by Crippen LogP contribution is 2.22. The van der Waals surface area contributed by atoms with Crippen molar-refractivity contribution >= 4 is 17.5 Å². The quantitative estimate of drug-likeness (QED) is 0.911. The van der Waals surface area contributed by atoms with E-state index in [0.29, 0.717) is 11.6 Å². The van der Waals surface area contributed by atoms with Gasteiger partial charge in [-0.05, 0) is 51.8 Å². The number of nitrogens with one attached hydrogen (secondary N) is 2. The van der Waals surface area contributed by atoms with Gasteiger partial charge in [-0.1, -0.05) is 18.2 Å². The van der Waals surface area contributed by atoms with Gasteiger partial charge in [-0.2, -0.15) is 0 Å². The number of carbonyl (C=O) groups is 1. The van der Waals surface area contributed by atoms with Gasteiger partial charge in [0.2, 0.25) is 5.95 Å². The Morgan fingerprint density at radius 1 is 1.09 bits per heavy atom. The number of amides is 1. The molecule has 0 radical (unpaired) electrons. The summed E-state index contributed by atoms with van der Waals surface area (Å²) < 4.78 is 0. The number of aromatic nitrogens is 2. The number of rotatable bonds is 3. The van der Waals surface area contributed by atoms with E-state index in [1.165, 1.54) is 0 Å². The minimum Gasteiger partial charge on any atom is -0.346 e. The van der Waals surface area contributed by atoms with Crippen LogP contribution in [0.4, 0.5) is 11.6 Å². The maximum atomic E-state index is 12.2. The molecule has 2 aromatic rings. The van der Waals surface area contributed by atoms with Crippen LogP contribution in [0.1, 0.15) is 42.4 Å². The van der Waals surface area contributed by atoms with Crippen molar-refractivity contribution in [2.75, 3.05) is 5.32 Å². The van der Waals surface area contributed by atoms with Crippen LogP contribution in [0.25, 0.3) is 0 Å². The van der Waals surface area contributed by atoms with E-state index in [9.17, 15) is 4.79 Å². The second kappa shape index (κ2) is 6.13. The molecule has 2 N–H and O–H groups in total. The third-order valence-electron chi connectivity index (χ3n) is 3.09. The number of benzene rings is 1. The lowest BCUT2D eigenvalue weighted by Crippen LogP contribution is -2.41. The van der Waals surface area contributed by atoms with Crippen LogP contribution in [0.2, 0.25) is 0 Å². The Balaban J connectivity index is 2.24. The van der Waals surface area contributed by atoms with Crippen molar-refractivity contribution in [2.24, 2.45) is 0 Å². The first-order chi connectivity index (χ1) is 10.3. The van der Waals surface area contributed by atoms with Gasteiger partial charge in [0.1, 0.15) is 5.69 Å². The topological polar surface area (TPSA) is 66.9 Å². The van der Waals surface area contributed by atoms with Crippen molar-refractivity contribution in [3.8, 4) is 0 Å². The number of aryl methyl sites for hydroxylation is 2. The van der Waals surface area contributed by atoms with Crippen LogP contribution in [0.5, 0.6) is 0 Å². The molecule has 0 fully saturated rings. The summed E-state index contributed by atoms with van der Waals surface area (Å²) in [5.41, 5.74) is 3.22. The second-order valence-electron chi connectivity index (χ2n) is 6.36. The van der Waals surface area contributed by atoms with Gasteiger partial charge in [0, 0.05) is 17.4 Å². The molecule has 0 aliphatic heterocycles. The van der Waals surface area contributed by atoms with E-state index in [1.807, 2.05) is 52.8 Å². The molecule has 0 aliphatic carbocycles. The standard InChI is InChI=1S/C17H22N4O/c1-11-7-6-8-12(2)14(11)20-16-18-10-9-13(19-16)15(22)21-17(3,4)5/h6-10H,1-5H3,(H,21,22)(H,18,19,20). The summed E-state index contributed by atoms with van der Waals surface area (Å²) in [6.07, 6.45) is 1.58. The zero-order chi connectivity index (χ0) is 16.3. The third kappa shape index (κ3) is 4.04. The van der Waals surface area contributed by atoms with E-state index in [2.05, 4.69) is 20.6 Å². The van der Waals surface area contributed by atoms with E-state index in [0.717, 1.165) is 16.8 Å². The van der Waals surface area contributed by atoms with Crippen molar-refractivity contribution in [3.05, 3.63) is 47.3 Å². The van der Waals surface area contributed by atoms with Gasteiger partial charge >= 0.3 is 0 Å². The number of carbonyl (C=O) groups excluding carboxylic acids is 1. The molecule has 0 spiro atoms. The van der Waals surface area contributed by atoms with Gasteiger partial charge in [0.25, 0.3) is 5.91 Å². The lowest BCUT2D eigenvalue weighted by Gasteiger charge is -2.20. The molecule has 5 nitrogen and oxygen atoms in total. The lowest BCUT2D eigenvalue weighted by molar-refractivity contribution is 0.0914. The van der Waals surface area contributed by atoms with Crippen molar-refractivity contribution < 1.29 is 4.79 Å². The monoisotopic (exact) mass is 298 g/mol. The first-order valence-electron chi connectivity index (χ1n) is 7.25. The summed E-state index contributed by atoms with van der Waals surface area (Å²) in [6.45, 7) is 9.84. The molecular formula is C17H22N4O. The molecule has 1 amide bonds. The van der Waals surface area contributed by atoms with Crippen molar-refractivity contribution in [2.45, 2.75) is 40.2 Å². The molecule has 0 saturated heterocycles. The van der Waals surface area contributed by atoms with Crippen LogP contribution >= 0.6 is 0 Å². The Morgan fingerprint density at radius 3 is 2.32 bits per heavy atom. The maximum absolute atomic E-state index is 12.2. The average Bonchev–Trinajstić information content (AvgIpc) is 2.41. The molecule has 22 heavy (non-hydrogen) atoms. The van der Waals surface area contributed by atoms with Gasteiger partial charge in [0.15, 0.2) is 0 Å². The van der Waals surface area contributed by atoms with Crippen LogP contribution in [0, 0.1) is 13.8 Å². The molecule has 0 unspecified atom stereocenters. The van der Waals surface area contributed by atoms with Gasteiger partial charge in [0.05, 0.1) is 0 Å². The zero-order valence-electron chi connectivity index (χ0n) is 13.7. The third-order valence-corrected chi connectivity index (χ3v) is 3.09. The molecule has 116 valence electrons. The number of hydrogen-bond acceptors (Lipinski definition) is 4. The van der Waals surface area contributed by atoms with E-state index >= 15 is 0 Å². The molecule has 5 heteroatoms. The van der Waals surface area contributed by atoms with E-state index < -0.39 is 0 Å². The SMILES string of the molecule is Cc1cccc(C)c1Nc1nccc(C(=O)NC(C)(C)C)n1. The molecule has 1 heterocycles. The number of nitrogens with zero attached hydrogens (tertiary/aromatic N) is 2. The van der Waals surface area contributed by atoms with Gasteiger partial charge in [-0.15, -0.1) is 0 Å². The summed E-state index contributed by atoms with van der Waals surface area (Å²) in [7, 11) is 0. The van der Waals surface area contributed by atoms with Crippen LogP contribution in [0.3, 0.4) is 0 Å². The van der Waals surface area contributed by atoms with E-state index in [-0.39, 0.29) is 11.4 Å². The van der Waals surface area contributed by atoms with Crippen LogP contribution < -0.4 is 10.6 Å². The Kier molecular flexibility index (Phi) is 4.45. The van der Waals surface area contributed by atoms with Gasteiger partial charge in [-0.25, -0.2) is 9.97 Å². The Labute approximate surface area is 131 Å². The highest BCUT2D eigenvalue weighted by molar-refractivity contribution is 5.93. The first kappa shape index (κ1) is 15.9. The number of anilines is 2. The molecule has 0 bridgehead atoms.